The largest absolute Gasteiger partial charge is 0.364 e. The fraction of sp³-hybridized carbons (Fsp3) is 0.455. The Labute approximate surface area is 88.9 Å². The molecule has 2 aromatic rings. The molecule has 0 saturated carbocycles. The molecule has 0 atom stereocenters. The van der Waals surface area contributed by atoms with Crippen LogP contribution in [-0.2, 0) is 19.4 Å². The van der Waals surface area contributed by atoms with E-state index in [4.69, 9.17) is 4.52 Å². The lowest BCUT2D eigenvalue weighted by Crippen LogP contribution is -2.05. The van der Waals surface area contributed by atoms with E-state index in [0.29, 0.717) is 0 Å². The molecule has 0 unspecified atom stereocenters. The van der Waals surface area contributed by atoms with Crippen LogP contribution in [0.5, 0.6) is 0 Å². The molecule has 4 heteroatoms. The Hall–Kier alpha value is -1.58. The Balaban J connectivity index is 2.23. The maximum absolute atomic E-state index is 4.80. The van der Waals surface area contributed by atoms with E-state index in [0.717, 1.165) is 30.6 Å². The van der Waals surface area contributed by atoms with Crippen molar-refractivity contribution in [2.75, 3.05) is 0 Å². The molecule has 2 rings (SSSR count). The number of nitrogens with zero attached hydrogens (tertiary/aromatic N) is 3. The molecule has 0 spiro atoms. The second kappa shape index (κ2) is 4.29. The SMILES string of the molecule is CCc1cc(CC)n(Cc2cnoc2)n1. The number of aryl methyl sites for hydroxylation is 2. The van der Waals surface area contributed by atoms with Crippen molar-refractivity contribution in [1.29, 1.82) is 0 Å². The zero-order valence-corrected chi connectivity index (χ0v) is 9.10. The fourth-order valence-corrected chi connectivity index (χ4v) is 1.59. The van der Waals surface area contributed by atoms with E-state index in [1.54, 1.807) is 12.5 Å². The Morgan fingerprint density at radius 1 is 1.33 bits per heavy atom. The average Bonchev–Trinajstić information content (AvgIpc) is 2.87. The molecule has 0 aromatic carbocycles. The number of hydrogen-bond donors (Lipinski definition) is 0. The molecule has 80 valence electrons. The van der Waals surface area contributed by atoms with Gasteiger partial charge in [0.15, 0.2) is 0 Å². The van der Waals surface area contributed by atoms with Crippen molar-refractivity contribution in [3.05, 3.63) is 35.5 Å². The first-order valence-electron chi connectivity index (χ1n) is 5.27. The summed E-state index contributed by atoms with van der Waals surface area (Å²) < 4.78 is 6.82. The molecular weight excluding hydrogens is 190 g/mol. The Morgan fingerprint density at radius 3 is 2.80 bits per heavy atom. The molecule has 0 radical (unpaired) electrons. The van der Waals surface area contributed by atoms with E-state index in [9.17, 15) is 0 Å². The smallest absolute Gasteiger partial charge is 0.128 e. The third-order valence-electron chi connectivity index (χ3n) is 2.45. The third kappa shape index (κ3) is 2.09. The van der Waals surface area contributed by atoms with Crippen molar-refractivity contribution in [2.24, 2.45) is 0 Å². The van der Waals surface area contributed by atoms with Gasteiger partial charge in [0, 0.05) is 11.3 Å². The third-order valence-corrected chi connectivity index (χ3v) is 2.45. The minimum absolute atomic E-state index is 0.743. The van der Waals surface area contributed by atoms with Gasteiger partial charge in [-0.2, -0.15) is 5.10 Å². The summed E-state index contributed by atoms with van der Waals surface area (Å²) in [6, 6.07) is 2.16. The Kier molecular flexibility index (Phi) is 2.85. The highest BCUT2D eigenvalue weighted by atomic mass is 16.5. The topological polar surface area (TPSA) is 43.9 Å². The summed E-state index contributed by atoms with van der Waals surface area (Å²) in [6.45, 7) is 5.00. The first-order chi connectivity index (χ1) is 7.33. The van der Waals surface area contributed by atoms with Crippen molar-refractivity contribution in [3.8, 4) is 0 Å². The van der Waals surface area contributed by atoms with Crippen LogP contribution in [-0.4, -0.2) is 14.9 Å². The molecule has 0 aliphatic carbocycles. The predicted octanol–water partition coefficient (Wildman–Crippen LogP) is 2.04. The fourth-order valence-electron chi connectivity index (χ4n) is 1.59. The second-order valence-electron chi connectivity index (χ2n) is 3.52. The minimum atomic E-state index is 0.743. The molecule has 0 bridgehead atoms. The molecule has 0 aliphatic heterocycles. The van der Waals surface area contributed by atoms with E-state index in [1.807, 2.05) is 4.68 Å². The van der Waals surface area contributed by atoms with Gasteiger partial charge < -0.3 is 4.52 Å². The summed E-state index contributed by atoms with van der Waals surface area (Å²) in [5.41, 5.74) is 3.45. The van der Waals surface area contributed by atoms with E-state index in [-0.39, 0.29) is 0 Å². The Bertz CT molecular complexity index is 417. The highest BCUT2D eigenvalue weighted by Crippen LogP contribution is 2.09. The average molecular weight is 205 g/mol. The number of hydrogen-bond acceptors (Lipinski definition) is 3. The quantitative estimate of drug-likeness (QED) is 0.767. The zero-order chi connectivity index (χ0) is 10.7. The molecule has 0 saturated heterocycles. The van der Waals surface area contributed by atoms with Crippen LogP contribution in [0.4, 0.5) is 0 Å². The van der Waals surface area contributed by atoms with Crippen LogP contribution in [0.1, 0.15) is 30.8 Å². The Morgan fingerprint density at radius 2 is 2.20 bits per heavy atom. The van der Waals surface area contributed by atoms with Gasteiger partial charge in [-0.1, -0.05) is 19.0 Å². The van der Waals surface area contributed by atoms with Crippen LogP contribution < -0.4 is 0 Å². The normalized spacial score (nSPS) is 10.8. The van der Waals surface area contributed by atoms with E-state index in [2.05, 4.69) is 30.2 Å². The molecule has 2 heterocycles. The maximum atomic E-state index is 4.80. The summed E-state index contributed by atoms with van der Waals surface area (Å²) in [6.07, 6.45) is 5.36. The lowest BCUT2D eigenvalue weighted by Gasteiger charge is -2.02. The lowest BCUT2D eigenvalue weighted by molar-refractivity contribution is 0.418. The van der Waals surface area contributed by atoms with Crippen molar-refractivity contribution in [1.82, 2.24) is 14.9 Å². The second-order valence-corrected chi connectivity index (χ2v) is 3.52. The first kappa shape index (κ1) is 9.96. The summed E-state index contributed by atoms with van der Waals surface area (Å²) in [4.78, 5) is 0. The van der Waals surface area contributed by atoms with Crippen LogP contribution in [0.2, 0.25) is 0 Å². The van der Waals surface area contributed by atoms with E-state index < -0.39 is 0 Å². The number of rotatable bonds is 4. The molecule has 15 heavy (non-hydrogen) atoms. The highest BCUT2D eigenvalue weighted by molar-refractivity contribution is 5.12. The predicted molar refractivity (Wildman–Crippen MR) is 56.6 cm³/mol. The van der Waals surface area contributed by atoms with Gasteiger partial charge in [0.25, 0.3) is 0 Å². The van der Waals surface area contributed by atoms with E-state index >= 15 is 0 Å². The van der Waals surface area contributed by atoms with Crippen molar-refractivity contribution >= 4 is 0 Å². The van der Waals surface area contributed by atoms with Gasteiger partial charge in [0.1, 0.15) is 6.26 Å². The molecule has 0 aliphatic rings. The van der Waals surface area contributed by atoms with Gasteiger partial charge >= 0.3 is 0 Å². The summed E-state index contributed by atoms with van der Waals surface area (Å²) in [7, 11) is 0. The van der Waals surface area contributed by atoms with E-state index in [1.165, 1.54) is 5.69 Å². The van der Waals surface area contributed by atoms with Gasteiger partial charge in [-0.05, 0) is 18.9 Å². The monoisotopic (exact) mass is 205 g/mol. The highest BCUT2D eigenvalue weighted by Gasteiger charge is 2.06. The van der Waals surface area contributed by atoms with Crippen molar-refractivity contribution in [2.45, 2.75) is 33.2 Å². The molecule has 4 nitrogen and oxygen atoms in total. The van der Waals surface area contributed by atoms with Gasteiger partial charge in [-0.25, -0.2) is 0 Å². The molecular formula is C11H15N3O. The molecule has 0 fully saturated rings. The van der Waals surface area contributed by atoms with Gasteiger partial charge in [-0.3, -0.25) is 4.68 Å². The van der Waals surface area contributed by atoms with Gasteiger partial charge in [-0.15, -0.1) is 0 Å². The zero-order valence-electron chi connectivity index (χ0n) is 9.10. The summed E-state index contributed by atoms with van der Waals surface area (Å²) in [5.74, 6) is 0. The van der Waals surface area contributed by atoms with Crippen LogP contribution in [0.3, 0.4) is 0 Å². The van der Waals surface area contributed by atoms with Crippen LogP contribution >= 0.6 is 0 Å². The standard InChI is InChI=1S/C11H15N3O/c1-3-10-5-11(4-2)14(13-10)7-9-6-12-15-8-9/h5-6,8H,3-4,7H2,1-2H3. The van der Waals surface area contributed by atoms with Crippen molar-refractivity contribution < 1.29 is 4.52 Å². The van der Waals surface area contributed by atoms with Crippen LogP contribution in [0.15, 0.2) is 23.0 Å². The molecule has 2 aromatic heterocycles. The maximum Gasteiger partial charge on any atom is 0.128 e. The first-order valence-corrected chi connectivity index (χ1v) is 5.27. The molecule has 0 amide bonds. The lowest BCUT2D eigenvalue weighted by atomic mass is 10.2. The summed E-state index contributed by atoms with van der Waals surface area (Å²) in [5, 5.41) is 8.21. The number of aromatic nitrogens is 3. The van der Waals surface area contributed by atoms with Crippen molar-refractivity contribution in [3.63, 3.8) is 0 Å². The minimum Gasteiger partial charge on any atom is -0.364 e. The van der Waals surface area contributed by atoms with Gasteiger partial charge in [0.2, 0.25) is 0 Å². The van der Waals surface area contributed by atoms with Crippen LogP contribution in [0.25, 0.3) is 0 Å². The molecule has 0 N–H and O–H groups in total. The summed E-state index contributed by atoms with van der Waals surface area (Å²) >= 11 is 0. The van der Waals surface area contributed by atoms with Gasteiger partial charge in [0.05, 0.1) is 18.4 Å². The van der Waals surface area contributed by atoms with Crippen LogP contribution in [0, 0.1) is 0 Å².